The van der Waals surface area contributed by atoms with E-state index in [-0.39, 0.29) is 28.6 Å². The van der Waals surface area contributed by atoms with Crippen LogP contribution >= 0.6 is 11.6 Å². The minimum Gasteiger partial charge on any atom is -0.478 e. The monoisotopic (exact) mass is 376 g/mol. The lowest BCUT2D eigenvalue weighted by molar-refractivity contribution is 0.0696. The lowest BCUT2D eigenvalue weighted by Crippen LogP contribution is -2.39. The zero-order valence-electron chi connectivity index (χ0n) is 14.1. The molecule has 7 heteroatoms. The second-order valence-corrected chi connectivity index (χ2v) is 6.76. The molecule has 0 aliphatic carbocycles. The number of carboxylic acids is 1. The van der Waals surface area contributed by atoms with E-state index in [0.717, 1.165) is 18.5 Å². The molecule has 136 valence electrons. The zero-order chi connectivity index (χ0) is 18.8. The van der Waals surface area contributed by atoms with Crippen LogP contribution in [0.1, 0.15) is 38.7 Å². The summed E-state index contributed by atoms with van der Waals surface area (Å²) in [6.07, 6.45) is 0.727. The van der Waals surface area contributed by atoms with Crippen LogP contribution in [0, 0.1) is 5.82 Å². The number of benzene rings is 2. The van der Waals surface area contributed by atoms with E-state index >= 15 is 0 Å². The lowest BCUT2D eigenvalue weighted by Gasteiger charge is -2.26. The number of rotatable bonds is 4. The highest BCUT2D eigenvalue weighted by Gasteiger charge is 2.34. The van der Waals surface area contributed by atoms with Crippen molar-refractivity contribution in [2.75, 3.05) is 13.6 Å². The molecule has 26 heavy (non-hydrogen) atoms. The van der Waals surface area contributed by atoms with Crippen LogP contribution in [0.3, 0.4) is 0 Å². The molecule has 1 saturated heterocycles. The van der Waals surface area contributed by atoms with Gasteiger partial charge in [0.2, 0.25) is 0 Å². The lowest BCUT2D eigenvalue weighted by atomic mass is 9.99. The van der Waals surface area contributed by atoms with Crippen LogP contribution in [0.15, 0.2) is 42.5 Å². The summed E-state index contributed by atoms with van der Waals surface area (Å²) >= 11 is 5.76. The number of amides is 1. The van der Waals surface area contributed by atoms with Crippen LogP contribution in [0.4, 0.5) is 4.39 Å². The average molecular weight is 377 g/mol. The van der Waals surface area contributed by atoms with Gasteiger partial charge in [-0.25, -0.2) is 9.18 Å². The Balaban J connectivity index is 1.77. The molecule has 1 heterocycles. The van der Waals surface area contributed by atoms with Crippen molar-refractivity contribution in [3.05, 3.63) is 70.0 Å². The molecule has 5 nitrogen and oxygen atoms in total. The number of nitrogens with one attached hydrogen (secondary N) is 1. The smallest absolute Gasteiger partial charge is 0.335 e. The normalized spacial score (nSPS) is 20.1. The van der Waals surface area contributed by atoms with Gasteiger partial charge in [-0.05, 0) is 55.4 Å². The van der Waals surface area contributed by atoms with Crippen LogP contribution < -0.4 is 5.32 Å². The second kappa shape index (κ2) is 7.43. The van der Waals surface area contributed by atoms with E-state index in [1.807, 2.05) is 7.05 Å². The van der Waals surface area contributed by atoms with Crippen molar-refractivity contribution in [1.82, 2.24) is 10.2 Å². The van der Waals surface area contributed by atoms with Gasteiger partial charge in [0, 0.05) is 12.1 Å². The van der Waals surface area contributed by atoms with E-state index < -0.39 is 11.8 Å². The van der Waals surface area contributed by atoms with Gasteiger partial charge in [-0.3, -0.25) is 9.69 Å². The molecular weight excluding hydrogens is 359 g/mol. The molecular formula is C19H18ClFN2O3. The first-order chi connectivity index (χ1) is 12.4. The number of nitrogens with zero attached hydrogens (tertiary/aromatic N) is 1. The zero-order valence-corrected chi connectivity index (χ0v) is 14.8. The number of carbonyl (C=O) groups excluding carboxylic acids is 1. The molecule has 0 radical (unpaired) electrons. The highest BCUT2D eigenvalue weighted by molar-refractivity contribution is 6.30. The molecule has 1 aliphatic heterocycles. The summed E-state index contributed by atoms with van der Waals surface area (Å²) in [5, 5.41) is 12.0. The largest absolute Gasteiger partial charge is 0.478 e. The molecule has 1 aliphatic rings. The Morgan fingerprint density at radius 1 is 1.19 bits per heavy atom. The number of likely N-dealkylation sites (N-methyl/N-ethyl adjacent to an activating group) is 1. The highest BCUT2D eigenvalue weighted by atomic mass is 35.5. The first kappa shape index (κ1) is 18.4. The predicted molar refractivity (Wildman–Crippen MR) is 96.1 cm³/mol. The van der Waals surface area contributed by atoms with E-state index in [0.29, 0.717) is 5.56 Å². The summed E-state index contributed by atoms with van der Waals surface area (Å²) in [6.45, 7) is 0.762. The topological polar surface area (TPSA) is 69.6 Å². The van der Waals surface area contributed by atoms with E-state index in [9.17, 15) is 14.0 Å². The van der Waals surface area contributed by atoms with E-state index in [1.54, 1.807) is 6.07 Å². The van der Waals surface area contributed by atoms with Gasteiger partial charge in [0.05, 0.1) is 22.7 Å². The highest BCUT2D eigenvalue weighted by Crippen LogP contribution is 2.32. The maximum Gasteiger partial charge on any atom is 0.335 e. The Labute approximate surface area is 155 Å². The Kier molecular flexibility index (Phi) is 5.25. The summed E-state index contributed by atoms with van der Waals surface area (Å²) in [5.41, 5.74) is 1.25. The molecule has 0 aromatic heterocycles. The van der Waals surface area contributed by atoms with Crippen molar-refractivity contribution in [3.8, 4) is 0 Å². The van der Waals surface area contributed by atoms with Gasteiger partial charge in [-0.2, -0.15) is 0 Å². The van der Waals surface area contributed by atoms with Crippen molar-refractivity contribution >= 4 is 23.5 Å². The van der Waals surface area contributed by atoms with E-state index in [4.69, 9.17) is 16.7 Å². The van der Waals surface area contributed by atoms with Gasteiger partial charge in [0.1, 0.15) is 5.82 Å². The van der Waals surface area contributed by atoms with Crippen molar-refractivity contribution < 1.29 is 19.1 Å². The molecule has 2 aromatic rings. The third-order valence-electron chi connectivity index (χ3n) is 4.64. The Bertz CT molecular complexity index is 841. The summed E-state index contributed by atoms with van der Waals surface area (Å²) < 4.78 is 13.8. The van der Waals surface area contributed by atoms with Crippen LogP contribution in [0.2, 0.25) is 5.02 Å². The summed E-state index contributed by atoms with van der Waals surface area (Å²) in [7, 11) is 1.92. The standard InChI is InChI=1S/C19H18ClFN2O3/c1-23-9-8-16(17(23)13-6-7-14(20)15(21)10-13)22-18(24)11-2-4-12(5-3-11)19(25)26/h2-7,10,16-17H,8-9H2,1H3,(H,22,24)(H,25,26). The first-order valence-electron chi connectivity index (χ1n) is 8.16. The molecule has 0 saturated carbocycles. The van der Waals surface area contributed by atoms with Gasteiger partial charge in [0.15, 0.2) is 0 Å². The third kappa shape index (κ3) is 3.71. The predicted octanol–water partition coefficient (Wildman–Crippen LogP) is 3.35. The van der Waals surface area contributed by atoms with Crippen molar-refractivity contribution in [1.29, 1.82) is 0 Å². The van der Waals surface area contributed by atoms with E-state index in [1.165, 1.54) is 36.4 Å². The van der Waals surface area contributed by atoms with Crippen molar-refractivity contribution in [3.63, 3.8) is 0 Å². The van der Waals surface area contributed by atoms with Gasteiger partial charge >= 0.3 is 5.97 Å². The fraction of sp³-hybridized carbons (Fsp3) is 0.263. The number of carbonyl (C=O) groups is 2. The fourth-order valence-corrected chi connectivity index (χ4v) is 3.41. The van der Waals surface area contributed by atoms with E-state index in [2.05, 4.69) is 10.2 Å². The SMILES string of the molecule is CN1CCC(NC(=O)c2ccc(C(=O)O)cc2)C1c1ccc(Cl)c(F)c1. The maximum atomic E-state index is 13.8. The molecule has 1 fully saturated rings. The summed E-state index contributed by atoms with van der Waals surface area (Å²) in [6, 6.07) is 10.1. The van der Waals surface area contributed by atoms with Crippen LogP contribution in [0.5, 0.6) is 0 Å². The molecule has 0 spiro atoms. The first-order valence-corrected chi connectivity index (χ1v) is 8.54. The maximum absolute atomic E-state index is 13.8. The number of halogens is 2. The summed E-state index contributed by atoms with van der Waals surface area (Å²) in [4.78, 5) is 25.5. The van der Waals surface area contributed by atoms with Gasteiger partial charge in [-0.1, -0.05) is 17.7 Å². The quantitative estimate of drug-likeness (QED) is 0.858. The Morgan fingerprint density at radius 3 is 2.46 bits per heavy atom. The Hall–Kier alpha value is -2.44. The number of likely N-dealkylation sites (tertiary alicyclic amines) is 1. The van der Waals surface area contributed by atoms with Gasteiger partial charge in [-0.15, -0.1) is 0 Å². The third-order valence-corrected chi connectivity index (χ3v) is 4.95. The van der Waals surface area contributed by atoms with Crippen molar-refractivity contribution in [2.24, 2.45) is 0 Å². The molecule has 2 atom stereocenters. The molecule has 2 aromatic carbocycles. The van der Waals surface area contributed by atoms with Gasteiger partial charge in [0.25, 0.3) is 5.91 Å². The number of carboxylic acid groups (broad SMARTS) is 1. The number of hydrogen-bond acceptors (Lipinski definition) is 3. The molecule has 1 amide bonds. The molecule has 3 rings (SSSR count). The molecule has 2 unspecified atom stereocenters. The van der Waals surface area contributed by atoms with Crippen LogP contribution in [-0.2, 0) is 0 Å². The van der Waals surface area contributed by atoms with Crippen LogP contribution in [-0.4, -0.2) is 41.5 Å². The molecule has 2 N–H and O–H groups in total. The van der Waals surface area contributed by atoms with Gasteiger partial charge < -0.3 is 10.4 Å². The fourth-order valence-electron chi connectivity index (χ4n) is 3.30. The average Bonchev–Trinajstić information content (AvgIpc) is 2.97. The number of hydrogen-bond donors (Lipinski definition) is 2. The Morgan fingerprint density at radius 2 is 1.85 bits per heavy atom. The minimum absolute atomic E-state index is 0.0634. The number of aromatic carboxylic acids is 1. The molecule has 0 bridgehead atoms. The van der Waals surface area contributed by atoms with Crippen LogP contribution in [0.25, 0.3) is 0 Å². The van der Waals surface area contributed by atoms with Crippen molar-refractivity contribution in [2.45, 2.75) is 18.5 Å². The second-order valence-electron chi connectivity index (χ2n) is 6.35. The summed E-state index contributed by atoms with van der Waals surface area (Å²) in [5.74, 6) is -1.82. The minimum atomic E-state index is -1.04.